The fourth-order valence-corrected chi connectivity index (χ4v) is 1.44. The predicted octanol–water partition coefficient (Wildman–Crippen LogP) is 2.96. The number of rotatable bonds is 4. The molecular weight excluding hydrogens is 256 g/mol. The summed E-state index contributed by atoms with van der Waals surface area (Å²) in [7, 11) is 0. The Morgan fingerprint density at radius 2 is 2.23 bits per heavy atom. The van der Waals surface area contributed by atoms with E-state index in [-0.39, 0.29) is 5.82 Å². The molecule has 1 N–H and O–H groups in total. The number of halogens is 3. The summed E-state index contributed by atoms with van der Waals surface area (Å²) in [4.78, 5) is 0. The van der Waals surface area contributed by atoms with Crippen molar-refractivity contribution in [1.29, 1.82) is 0 Å². The first-order chi connectivity index (χ1) is 6.24. The molecule has 0 saturated carbocycles. The molecule has 1 aromatic rings. The van der Waals surface area contributed by atoms with Crippen molar-refractivity contribution in [2.24, 2.45) is 0 Å². The van der Waals surface area contributed by atoms with Gasteiger partial charge in [-0.1, -0.05) is 27.5 Å². The highest BCUT2D eigenvalue weighted by Crippen LogP contribution is 2.14. The number of alkyl halides is 1. The molecule has 0 saturated heterocycles. The molecule has 0 aliphatic carbocycles. The Kier molecular flexibility index (Phi) is 4.70. The second-order valence-corrected chi connectivity index (χ2v) is 3.83. The van der Waals surface area contributed by atoms with E-state index in [0.717, 1.165) is 11.9 Å². The van der Waals surface area contributed by atoms with Crippen molar-refractivity contribution in [3.8, 4) is 0 Å². The van der Waals surface area contributed by atoms with Gasteiger partial charge in [0.15, 0.2) is 0 Å². The Labute approximate surface area is 90.4 Å². The van der Waals surface area contributed by atoms with Gasteiger partial charge in [-0.3, -0.25) is 0 Å². The van der Waals surface area contributed by atoms with Crippen molar-refractivity contribution < 1.29 is 4.39 Å². The molecule has 0 aromatic heterocycles. The van der Waals surface area contributed by atoms with Crippen molar-refractivity contribution in [2.75, 3.05) is 11.9 Å². The zero-order valence-electron chi connectivity index (χ0n) is 6.99. The van der Waals surface area contributed by atoms with Crippen molar-refractivity contribution in [3.63, 3.8) is 0 Å². The van der Waals surface area contributed by atoms with Crippen molar-refractivity contribution in [2.45, 2.75) is 6.54 Å². The number of hydrogen-bond acceptors (Lipinski definition) is 1. The van der Waals surface area contributed by atoms with Gasteiger partial charge in [0.05, 0.1) is 0 Å². The van der Waals surface area contributed by atoms with Crippen LogP contribution in [0.1, 0.15) is 5.56 Å². The van der Waals surface area contributed by atoms with E-state index in [0.29, 0.717) is 17.1 Å². The molecule has 0 aliphatic heterocycles. The first kappa shape index (κ1) is 11.0. The van der Waals surface area contributed by atoms with Crippen LogP contribution >= 0.6 is 27.5 Å². The van der Waals surface area contributed by atoms with E-state index in [4.69, 9.17) is 11.6 Å². The summed E-state index contributed by atoms with van der Waals surface area (Å²) in [6.45, 7) is 1.32. The largest absolute Gasteiger partial charge is 0.312 e. The van der Waals surface area contributed by atoms with Gasteiger partial charge in [0, 0.05) is 29.0 Å². The summed E-state index contributed by atoms with van der Waals surface area (Å²) in [6.07, 6.45) is 0. The van der Waals surface area contributed by atoms with E-state index < -0.39 is 0 Å². The maximum atomic E-state index is 13.1. The Hall–Kier alpha value is -0.120. The molecule has 0 aliphatic rings. The molecule has 4 heteroatoms. The SMILES string of the molecule is Fc1ccc(Cl)cc1CNCCBr. The Morgan fingerprint density at radius 3 is 2.92 bits per heavy atom. The molecule has 0 bridgehead atoms. The van der Waals surface area contributed by atoms with Crippen molar-refractivity contribution >= 4 is 27.5 Å². The average Bonchev–Trinajstić information content (AvgIpc) is 2.11. The fourth-order valence-electron chi connectivity index (χ4n) is 0.969. The van der Waals surface area contributed by atoms with Gasteiger partial charge in [-0.25, -0.2) is 4.39 Å². The highest BCUT2D eigenvalue weighted by molar-refractivity contribution is 9.09. The minimum atomic E-state index is -0.216. The second kappa shape index (κ2) is 5.58. The summed E-state index contributed by atoms with van der Waals surface area (Å²) in [5, 5.41) is 4.50. The van der Waals surface area contributed by atoms with Crippen LogP contribution in [0.2, 0.25) is 5.02 Å². The summed E-state index contributed by atoms with van der Waals surface area (Å²) in [5.74, 6) is -0.216. The van der Waals surface area contributed by atoms with Crippen LogP contribution in [-0.2, 0) is 6.54 Å². The van der Waals surface area contributed by atoms with Crippen LogP contribution in [0, 0.1) is 5.82 Å². The first-order valence-corrected chi connectivity index (χ1v) is 5.44. The third-order valence-corrected chi connectivity index (χ3v) is 2.23. The van der Waals surface area contributed by atoms with Gasteiger partial charge in [-0.15, -0.1) is 0 Å². The van der Waals surface area contributed by atoms with E-state index in [1.54, 1.807) is 12.1 Å². The number of benzene rings is 1. The molecule has 0 amide bonds. The molecule has 0 heterocycles. The van der Waals surface area contributed by atoms with Gasteiger partial charge in [0.2, 0.25) is 0 Å². The minimum absolute atomic E-state index is 0.216. The second-order valence-electron chi connectivity index (χ2n) is 2.60. The fraction of sp³-hybridized carbons (Fsp3) is 0.333. The average molecular weight is 267 g/mol. The summed E-state index contributed by atoms with van der Waals surface area (Å²) in [5.41, 5.74) is 0.605. The molecule has 0 fully saturated rings. The Balaban J connectivity index is 2.59. The van der Waals surface area contributed by atoms with Gasteiger partial charge in [-0.2, -0.15) is 0 Å². The van der Waals surface area contributed by atoms with Crippen molar-refractivity contribution in [1.82, 2.24) is 5.32 Å². The smallest absolute Gasteiger partial charge is 0.127 e. The molecule has 0 unspecified atom stereocenters. The zero-order chi connectivity index (χ0) is 9.68. The molecule has 1 nitrogen and oxygen atoms in total. The van der Waals surface area contributed by atoms with Crippen LogP contribution in [0.25, 0.3) is 0 Å². The summed E-state index contributed by atoms with van der Waals surface area (Å²) < 4.78 is 13.1. The molecule has 0 spiro atoms. The van der Waals surface area contributed by atoms with Gasteiger partial charge in [0.1, 0.15) is 5.82 Å². The minimum Gasteiger partial charge on any atom is -0.312 e. The first-order valence-electron chi connectivity index (χ1n) is 3.94. The van der Waals surface area contributed by atoms with Gasteiger partial charge in [-0.05, 0) is 18.2 Å². The monoisotopic (exact) mass is 265 g/mol. The van der Waals surface area contributed by atoms with E-state index in [2.05, 4.69) is 21.2 Å². The quantitative estimate of drug-likeness (QED) is 0.653. The van der Waals surface area contributed by atoms with E-state index in [1.807, 2.05) is 0 Å². The van der Waals surface area contributed by atoms with Gasteiger partial charge in [0.25, 0.3) is 0 Å². The van der Waals surface area contributed by atoms with Crippen LogP contribution in [-0.4, -0.2) is 11.9 Å². The van der Waals surface area contributed by atoms with E-state index in [9.17, 15) is 4.39 Å². The molecule has 72 valence electrons. The third-order valence-electron chi connectivity index (χ3n) is 1.59. The maximum absolute atomic E-state index is 13.1. The lowest BCUT2D eigenvalue weighted by Gasteiger charge is -2.04. The molecule has 1 aromatic carbocycles. The zero-order valence-corrected chi connectivity index (χ0v) is 9.33. The topological polar surface area (TPSA) is 12.0 Å². The van der Waals surface area contributed by atoms with Crippen LogP contribution < -0.4 is 5.32 Å². The lowest BCUT2D eigenvalue weighted by molar-refractivity contribution is 0.594. The predicted molar refractivity (Wildman–Crippen MR) is 56.9 cm³/mol. The van der Waals surface area contributed by atoms with E-state index >= 15 is 0 Å². The van der Waals surface area contributed by atoms with Gasteiger partial charge < -0.3 is 5.32 Å². The molecule has 0 atom stereocenters. The Morgan fingerprint density at radius 1 is 1.46 bits per heavy atom. The van der Waals surface area contributed by atoms with Gasteiger partial charge >= 0.3 is 0 Å². The molecule has 13 heavy (non-hydrogen) atoms. The molecule has 0 radical (unpaired) electrons. The maximum Gasteiger partial charge on any atom is 0.127 e. The van der Waals surface area contributed by atoms with E-state index in [1.165, 1.54) is 6.07 Å². The van der Waals surface area contributed by atoms with Crippen molar-refractivity contribution in [3.05, 3.63) is 34.6 Å². The van der Waals surface area contributed by atoms with Crippen LogP contribution in [0.3, 0.4) is 0 Å². The summed E-state index contributed by atoms with van der Waals surface area (Å²) >= 11 is 9.00. The van der Waals surface area contributed by atoms with Crippen LogP contribution in [0.15, 0.2) is 18.2 Å². The molecular formula is C9H10BrClFN. The molecule has 1 rings (SSSR count). The van der Waals surface area contributed by atoms with Crippen LogP contribution in [0.4, 0.5) is 4.39 Å². The highest BCUT2D eigenvalue weighted by atomic mass is 79.9. The highest BCUT2D eigenvalue weighted by Gasteiger charge is 2.01. The number of nitrogens with one attached hydrogen (secondary N) is 1. The number of hydrogen-bond donors (Lipinski definition) is 1. The Bertz CT molecular complexity index is 280. The lowest BCUT2D eigenvalue weighted by atomic mass is 10.2. The lowest BCUT2D eigenvalue weighted by Crippen LogP contribution is -2.16. The standard InChI is InChI=1S/C9H10BrClFN/c10-3-4-13-6-7-5-8(11)1-2-9(7)12/h1-2,5,13H,3-4,6H2. The summed E-state index contributed by atoms with van der Waals surface area (Å²) in [6, 6.07) is 4.57. The normalized spacial score (nSPS) is 10.4. The third kappa shape index (κ3) is 3.63. The van der Waals surface area contributed by atoms with Crippen LogP contribution in [0.5, 0.6) is 0 Å².